The van der Waals surface area contributed by atoms with Crippen LogP contribution in [0.4, 0.5) is 10.8 Å². The Morgan fingerprint density at radius 3 is 2.89 bits per heavy atom. The fraction of sp³-hybridized carbons (Fsp3) is 0.190. The van der Waals surface area contributed by atoms with Crippen LogP contribution in [0.15, 0.2) is 52.7 Å². The number of carbonyl (C=O) groups is 2. The van der Waals surface area contributed by atoms with Gasteiger partial charge < -0.3 is 10.2 Å². The van der Waals surface area contributed by atoms with Crippen molar-refractivity contribution in [2.75, 3.05) is 22.5 Å². The van der Waals surface area contributed by atoms with Gasteiger partial charge in [-0.3, -0.25) is 9.59 Å². The van der Waals surface area contributed by atoms with Crippen molar-refractivity contribution in [1.82, 2.24) is 4.98 Å². The highest BCUT2D eigenvalue weighted by Crippen LogP contribution is 2.35. The predicted molar refractivity (Wildman–Crippen MR) is 115 cm³/mol. The van der Waals surface area contributed by atoms with Gasteiger partial charge in [-0.05, 0) is 37.6 Å². The summed E-state index contributed by atoms with van der Waals surface area (Å²) in [5.74, 6) is 0.0317. The second-order valence-corrected chi connectivity index (χ2v) is 8.52. The Balaban J connectivity index is 1.49. The maximum absolute atomic E-state index is 12.6. The van der Waals surface area contributed by atoms with Gasteiger partial charge in [-0.1, -0.05) is 29.8 Å². The van der Waals surface area contributed by atoms with E-state index in [-0.39, 0.29) is 18.4 Å². The number of aryl methyl sites for hydroxylation is 2. The summed E-state index contributed by atoms with van der Waals surface area (Å²) in [6.45, 7) is 4.07. The number of benzene rings is 2. The number of amides is 2. The number of carbonyl (C=O) groups excluding carboxylic acids is 2. The third kappa shape index (κ3) is 3.81. The number of hydrogen-bond donors (Lipinski definition) is 1. The Morgan fingerprint density at radius 2 is 2.04 bits per heavy atom. The Kier molecular flexibility index (Phi) is 5.19. The molecule has 3 aromatic rings. The van der Waals surface area contributed by atoms with Crippen molar-refractivity contribution in [3.8, 4) is 11.3 Å². The number of nitrogens with zero attached hydrogens (tertiary/aromatic N) is 2. The monoisotopic (exact) mass is 409 g/mol. The molecule has 2 heterocycles. The van der Waals surface area contributed by atoms with Crippen molar-refractivity contribution in [3.63, 3.8) is 0 Å². The van der Waals surface area contributed by atoms with E-state index in [1.165, 1.54) is 28.7 Å². The van der Waals surface area contributed by atoms with Crippen molar-refractivity contribution in [3.05, 3.63) is 59.0 Å². The number of nitrogens with one attached hydrogen (secondary N) is 1. The molecule has 5 nitrogen and oxygen atoms in total. The largest absolute Gasteiger partial charge is 0.301 e. The standard InChI is InChI=1S/C21H19N3O2S2/c1-13-7-8-14(2)15(9-13)16-11-28-21(22-16)23-19(25)10-24-17-5-3-4-6-18(17)27-12-20(24)26/h3-9,11H,10,12H2,1-2H3,(H,22,23,25). The van der Waals surface area contributed by atoms with Gasteiger partial charge in [0.15, 0.2) is 5.13 Å². The summed E-state index contributed by atoms with van der Waals surface area (Å²) in [7, 11) is 0. The highest BCUT2D eigenvalue weighted by Gasteiger charge is 2.26. The van der Waals surface area contributed by atoms with Crippen LogP contribution in [0.25, 0.3) is 11.3 Å². The minimum absolute atomic E-state index is 0.0191. The van der Waals surface area contributed by atoms with E-state index in [4.69, 9.17) is 0 Å². The van der Waals surface area contributed by atoms with E-state index < -0.39 is 0 Å². The van der Waals surface area contributed by atoms with Crippen LogP contribution in [0.5, 0.6) is 0 Å². The molecule has 2 aromatic carbocycles. The first kappa shape index (κ1) is 18.7. The first-order valence-electron chi connectivity index (χ1n) is 8.86. The fourth-order valence-corrected chi connectivity index (χ4v) is 4.76. The van der Waals surface area contributed by atoms with Gasteiger partial charge in [0.1, 0.15) is 6.54 Å². The zero-order valence-corrected chi connectivity index (χ0v) is 17.2. The van der Waals surface area contributed by atoms with Crippen molar-refractivity contribution in [2.45, 2.75) is 18.7 Å². The molecule has 142 valence electrons. The Morgan fingerprint density at radius 1 is 1.21 bits per heavy atom. The van der Waals surface area contributed by atoms with Crippen LogP contribution >= 0.6 is 23.1 Å². The first-order valence-corrected chi connectivity index (χ1v) is 10.7. The van der Waals surface area contributed by atoms with E-state index in [1.54, 1.807) is 4.90 Å². The lowest BCUT2D eigenvalue weighted by molar-refractivity contribution is -0.120. The van der Waals surface area contributed by atoms with E-state index >= 15 is 0 Å². The SMILES string of the molecule is Cc1ccc(C)c(-c2csc(NC(=O)CN3C(=O)CSc4ccccc43)n2)c1. The molecule has 0 saturated carbocycles. The van der Waals surface area contributed by atoms with Gasteiger partial charge in [-0.2, -0.15) is 0 Å². The highest BCUT2D eigenvalue weighted by atomic mass is 32.2. The first-order chi connectivity index (χ1) is 13.5. The molecule has 28 heavy (non-hydrogen) atoms. The average molecular weight is 410 g/mol. The second kappa shape index (κ2) is 7.77. The van der Waals surface area contributed by atoms with Gasteiger partial charge in [0, 0.05) is 15.8 Å². The maximum atomic E-state index is 12.6. The molecule has 1 N–H and O–H groups in total. The molecule has 0 aliphatic carbocycles. The van der Waals surface area contributed by atoms with Gasteiger partial charge >= 0.3 is 0 Å². The molecule has 0 unspecified atom stereocenters. The van der Waals surface area contributed by atoms with Crippen LogP contribution < -0.4 is 10.2 Å². The third-order valence-corrected chi connectivity index (χ3v) is 6.33. The van der Waals surface area contributed by atoms with E-state index in [0.29, 0.717) is 10.9 Å². The Hall–Kier alpha value is -2.64. The van der Waals surface area contributed by atoms with Crippen LogP contribution in [0, 0.1) is 13.8 Å². The minimum atomic E-state index is -0.253. The van der Waals surface area contributed by atoms with Crippen molar-refractivity contribution in [2.24, 2.45) is 0 Å². The van der Waals surface area contributed by atoms with Crippen LogP contribution in [-0.4, -0.2) is 29.1 Å². The molecule has 0 fully saturated rings. The normalized spacial score (nSPS) is 13.4. The molecule has 7 heteroatoms. The Bertz CT molecular complexity index is 1060. The summed E-state index contributed by atoms with van der Waals surface area (Å²) < 4.78 is 0. The van der Waals surface area contributed by atoms with Crippen LogP contribution in [0.3, 0.4) is 0 Å². The Labute approximate surface area is 171 Å². The molecule has 0 atom stereocenters. The average Bonchev–Trinajstić information content (AvgIpc) is 3.14. The van der Waals surface area contributed by atoms with E-state index in [9.17, 15) is 9.59 Å². The number of aromatic nitrogens is 1. The molecule has 0 bridgehead atoms. The van der Waals surface area contributed by atoms with E-state index in [0.717, 1.165) is 27.4 Å². The lowest BCUT2D eigenvalue weighted by atomic mass is 10.0. The van der Waals surface area contributed by atoms with Gasteiger partial charge in [0.25, 0.3) is 0 Å². The van der Waals surface area contributed by atoms with Crippen LogP contribution in [0.1, 0.15) is 11.1 Å². The molecule has 1 aliphatic heterocycles. The molecule has 0 saturated heterocycles. The lowest BCUT2D eigenvalue weighted by Gasteiger charge is -2.28. The summed E-state index contributed by atoms with van der Waals surface area (Å²) >= 11 is 2.89. The summed E-state index contributed by atoms with van der Waals surface area (Å²) in [4.78, 5) is 32.0. The number of rotatable bonds is 4. The molecule has 4 rings (SSSR count). The molecule has 2 amide bonds. The molecule has 0 radical (unpaired) electrons. The molecular formula is C21H19N3O2S2. The smallest absolute Gasteiger partial charge is 0.246 e. The summed E-state index contributed by atoms with van der Waals surface area (Å²) in [5.41, 5.74) is 5.00. The number of thiazole rings is 1. The van der Waals surface area contributed by atoms with Crippen molar-refractivity contribution in [1.29, 1.82) is 0 Å². The fourth-order valence-electron chi connectivity index (χ4n) is 3.10. The third-order valence-electron chi connectivity index (χ3n) is 4.53. The number of fused-ring (bicyclic) bond motifs is 1. The van der Waals surface area contributed by atoms with Crippen molar-refractivity contribution >= 4 is 45.7 Å². The second-order valence-electron chi connectivity index (χ2n) is 6.64. The van der Waals surface area contributed by atoms with Crippen LogP contribution in [0.2, 0.25) is 0 Å². The minimum Gasteiger partial charge on any atom is -0.301 e. The van der Waals surface area contributed by atoms with E-state index in [1.807, 2.05) is 43.5 Å². The van der Waals surface area contributed by atoms with Crippen molar-refractivity contribution < 1.29 is 9.59 Å². The predicted octanol–water partition coefficient (Wildman–Crippen LogP) is 4.50. The van der Waals surface area contributed by atoms with Crippen LogP contribution in [-0.2, 0) is 9.59 Å². The molecule has 0 spiro atoms. The topological polar surface area (TPSA) is 62.3 Å². The zero-order chi connectivity index (χ0) is 19.7. The number of hydrogen-bond acceptors (Lipinski definition) is 5. The number of para-hydroxylation sites is 1. The summed E-state index contributed by atoms with van der Waals surface area (Å²) in [5, 5.41) is 5.31. The number of thioether (sulfide) groups is 1. The zero-order valence-electron chi connectivity index (χ0n) is 15.6. The summed E-state index contributed by atoms with van der Waals surface area (Å²) in [6, 6.07) is 13.9. The maximum Gasteiger partial charge on any atom is 0.246 e. The quantitative estimate of drug-likeness (QED) is 0.689. The highest BCUT2D eigenvalue weighted by molar-refractivity contribution is 8.00. The number of anilines is 2. The molecule has 1 aliphatic rings. The van der Waals surface area contributed by atoms with Gasteiger partial charge in [0.05, 0.1) is 17.1 Å². The van der Waals surface area contributed by atoms with Gasteiger partial charge in [-0.25, -0.2) is 4.98 Å². The van der Waals surface area contributed by atoms with Gasteiger partial charge in [0.2, 0.25) is 11.8 Å². The summed E-state index contributed by atoms with van der Waals surface area (Å²) in [6.07, 6.45) is 0. The molecular weight excluding hydrogens is 390 g/mol. The molecule has 1 aromatic heterocycles. The van der Waals surface area contributed by atoms with E-state index in [2.05, 4.69) is 28.5 Å². The lowest BCUT2D eigenvalue weighted by Crippen LogP contribution is -2.41. The van der Waals surface area contributed by atoms with Gasteiger partial charge in [-0.15, -0.1) is 23.1 Å².